The summed E-state index contributed by atoms with van der Waals surface area (Å²) in [5.41, 5.74) is 0.527. The van der Waals surface area contributed by atoms with Crippen molar-refractivity contribution in [1.29, 1.82) is 0 Å². The Kier molecular flexibility index (Phi) is 3.62. The Hall–Kier alpha value is -1.35. The van der Waals surface area contributed by atoms with Crippen LogP contribution in [-0.4, -0.2) is 16.2 Å². The molecular formula is C14H20O3. The highest BCUT2D eigenvalue weighted by atomic mass is 16.4. The monoisotopic (exact) mass is 236 g/mol. The fraction of sp³-hybridized carbons (Fsp3) is 0.500. The maximum absolute atomic E-state index is 10.8. The van der Waals surface area contributed by atoms with Gasteiger partial charge in [-0.15, -0.1) is 0 Å². The quantitative estimate of drug-likeness (QED) is 0.845. The van der Waals surface area contributed by atoms with Crippen molar-refractivity contribution in [2.75, 3.05) is 0 Å². The van der Waals surface area contributed by atoms with Crippen molar-refractivity contribution in [3.05, 3.63) is 35.4 Å². The fourth-order valence-electron chi connectivity index (χ4n) is 1.81. The highest BCUT2D eigenvalue weighted by molar-refractivity contribution is 5.68. The molecule has 0 radical (unpaired) electrons. The molecule has 0 aromatic heterocycles. The average Bonchev–Trinajstić information content (AvgIpc) is 2.14. The van der Waals surface area contributed by atoms with Gasteiger partial charge in [-0.3, -0.25) is 4.79 Å². The molecule has 0 aliphatic carbocycles. The van der Waals surface area contributed by atoms with Crippen molar-refractivity contribution in [3.8, 4) is 0 Å². The number of carbonyl (C=O) groups is 1. The molecule has 94 valence electrons. The van der Waals surface area contributed by atoms with Crippen molar-refractivity contribution in [1.82, 2.24) is 0 Å². The van der Waals surface area contributed by atoms with E-state index >= 15 is 0 Å². The summed E-state index contributed by atoms with van der Waals surface area (Å²) >= 11 is 0. The highest BCUT2D eigenvalue weighted by Gasteiger charge is 2.24. The summed E-state index contributed by atoms with van der Waals surface area (Å²) in [7, 11) is 0. The third-order valence-electron chi connectivity index (χ3n) is 2.97. The fourth-order valence-corrected chi connectivity index (χ4v) is 1.81. The summed E-state index contributed by atoms with van der Waals surface area (Å²) in [6.07, 6.45) is 0.0921. The zero-order chi connectivity index (χ0) is 13.3. The van der Waals surface area contributed by atoms with E-state index in [1.54, 1.807) is 13.8 Å². The second kappa shape index (κ2) is 4.49. The molecule has 0 fully saturated rings. The van der Waals surface area contributed by atoms with Gasteiger partial charge in [0.15, 0.2) is 0 Å². The van der Waals surface area contributed by atoms with Gasteiger partial charge in [-0.1, -0.05) is 38.1 Å². The smallest absolute Gasteiger partial charge is 0.304 e. The lowest BCUT2D eigenvalue weighted by Crippen LogP contribution is -2.22. The third-order valence-corrected chi connectivity index (χ3v) is 2.97. The maximum atomic E-state index is 10.8. The Labute approximate surface area is 102 Å². The first kappa shape index (κ1) is 13.7. The van der Waals surface area contributed by atoms with Crippen LogP contribution in [0.25, 0.3) is 0 Å². The van der Waals surface area contributed by atoms with E-state index < -0.39 is 17.0 Å². The first-order valence-electron chi connectivity index (χ1n) is 5.68. The number of aliphatic carboxylic acids is 1. The zero-order valence-electron chi connectivity index (χ0n) is 10.8. The van der Waals surface area contributed by atoms with Crippen molar-refractivity contribution in [3.63, 3.8) is 0 Å². The van der Waals surface area contributed by atoms with Crippen molar-refractivity contribution >= 4 is 5.97 Å². The van der Waals surface area contributed by atoms with Gasteiger partial charge in [-0.2, -0.15) is 0 Å². The molecule has 3 heteroatoms. The molecule has 0 aliphatic rings. The van der Waals surface area contributed by atoms with Gasteiger partial charge in [0.2, 0.25) is 0 Å². The van der Waals surface area contributed by atoms with Crippen molar-refractivity contribution in [2.45, 2.75) is 45.1 Å². The van der Waals surface area contributed by atoms with Crippen molar-refractivity contribution in [2.24, 2.45) is 0 Å². The largest absolute Gasteiger partial charge is 0.481 e. The SMILES string of the molecule is CC(C)(O)c1ccc(C(C)(C)CC(=O)O)cc1. The van der Waals surface area contributed by atoms with Crippen LogP contribution in [0.4, 0.5) is 0 Å². The summed E-state index contributed by atoms with van der Waals surface area (Å²) < 4.78 is 0. The van der Waals surface area contributed by atoms with E-state index in [0.717, 1.165) is 11.1 Å². The second-order valence-corrected chi connectivity index (χ2v) is 5.59. The Balaban J connectivity index is 2.98. The molecule has 0 saturated heterocycles. The van der Waals surface area contributed by atoms with Gasteiger partial charge < -0.3 is 10.2 Å². The van der Waals surface area contributed by atoms with Gasteiger partial charge >= 0.3 is 5.97 Å². The molecule has 1 aromatic carbocycles. The average molecular weight is 236 g/mol. The van der Waals surface area contributed by atoms with Crippen LogP contribution < -0.4 is 0 Å². The minimum atomic E-state index is -0.866. The number of hydrogen-bond donors (Lipinski definition) is 2. The van der Waals surface area contributed by atoms with E-state index in [-0.39, 0.29) is 6.42 Å². The van der Waals surface area contributed by atoms with E-state index in [0.29, 0.717) is 0 Å². The zero-order valence-corrected chi connectivity index (χ0v) is 10.8. The lowest BCUT2D eigenvalue weighted by molar-refractivity contribution is -0.138. The van der Waals surface area contributed by atoms with Crippen LogP contribution in [0.1, 0.15) is 45.2 Å². The summed E-state index contributed by atoms with van der Waals surface area (Å²) in [5, 5.41) is 18.7. The third kappa shape index (κ3) is 3.56. The van der Waals surface area contributed by atoms with Crippen LogP contribution in [0.5, 0.6) is 0 Å². The lowest BCUT2D eigenvalue weighted by Gasteiger charge is -2.25. The number of carboxylic acids is 1. The Bertz CT molecular complexity index is 396. The van der Waals surface area contributed by atoms with Crippen molar-refractivity contribution < 1.29 is 15.0 Å². The Morgan fingerprint density at radius 2 is 1.47 bits per heavy atom. The number of carboxylic acid groups (broad SMARTS) is 1. The first-order chi connectivity index (χ1) is 7.63. The van der Waals surface area contributed by atoms with Crippen LogP contribution >= 0.6 is 0 Å². The van der Waals surface area contributed by atoms with E-state index in [9.17, 15) is 9.90 Å². The van der Waals surface area contributed by atoms with Gasteiger partial charge in [0.25, 0.3) is 0 Å². The van der Waals surface area contributed by atoms with Gasteiger partial charge in [0, 0.05) is 5.41 Å². The number of aliphatic hydroxyl groups is 1. The molecular weight excluding hydrogens is 216 g/mol. The van der Waals surface area contributed by atoms with Gasteiger partial charge in [-0.25, -0.2) is 0 Å². The molecule has 0 amide bonds. The molecule has 0 heterocycles. The number of rotatable bonds is 4. The Morgan fingerprint density at radius 1 is 1.06 bits per heavy atom. The molecule has 0 unspecified atom stereocenters. The summed E-state index contributed by atoms with van der Waals surface area (Å²) in [4.78, 5) is 10.8. The Morgan fingerprint density at radius 3 is 1.82 bits per heavy atom. The lowest BCUT2D eigenvalue weighted by atomic mass is 9.80. The van der Waals surface area contributed by atoms with Crippen LogP contribution in [0.2, 0.25) is 0 Å². The van der Waals surface area contributed by atoms with Crippen LogP contribution in [-0.2, 0) is 15.8 Å². The topological polar surface area (TPSA) is 57.5 Å². The summed E-state index contributed by atoms with van der Waals surface area (Å²) in [6, 6.07) is 7.46. The van der Waals surface area contributed by atoms with E-state index in [1.165, 1.54) is 0 Å². The highest BCUT2D eigenvalue weighted by Crippen LogP contribution is 2.29. The van der Waals surface area contributed by atoms with Crippen LogP contribution in [0.15, 0.2) is 24.3 Å². The minimum Gasteiger partial charge on any atom is -0.481 e. The van der Waals surface area contributed by atoms with Gasteiger partial charge in [0.05, 0.1) is 12.0 Å². The molecule has 3 nitrogen and oxygen atoms in total. The molecule has 1 rings (SSSR count). The summed E-state index contributed by atoms with van der Waals surface area (Å²) in [6.45, 7) is 7.26. The molecule has 17 heavy (non-hydrogen) atoms. The van der Waals surface area contributed by atoms with Gasteiger partial charge in [0.1, 0.15) is 0 Å². The van der Waals surface area contributed by atoms with Crippen LogP contribution in [0.3, 0.4) is 0 Å². The molecule has 1 aromatic rings. The standard InChI is InChI=1S/C14H20O3/c1-13(2,9-12(15)16)10-5-7-11(8-6-10)14(3,4)17/h5-8,17H,9H2,1-4H3,(H,15,16). The van der Waals surface area contributed by atoms with Crippen LogP contribution in [0, 0.1) is 0 Å². The maximum Gasteiger partial charge on any atom is 0.304 e. The second-order valence-electron chi connectivity index (χ2n) is 5.59. The molecule has 0 aliphatic heterocycles. The predicted octanol–water partition coefficient (Wildman–Crippen LogP) is 2.67. The molecule has 0 bridgehead atoms. The number of benzene rings is 1. The van der Waals surface area contributed by atoms with E-state index in [1.807, 2.05) is 38.1 Å². The summed E-state index contributed by atoms with van der Waals surface area (Å²) in [5.74, 6) is -0.804. The molecule has 0 saturated carbocycles. The number of hydrogen-bond acceptors (Lipinski definition) is 2. The van der Waals surface area contributed by atoms with E-state index in [4.69, 9.17) is 5.11 Å². The molecule has 0 spiro atoms. The molecule has 2 N–H and O–H groups in total. The minimum absolute atomic E-state index is 0.0921. The molecule has 0 atom stereocenters. The van der Waals surface area contributed by atoms with Gasteiger partial charge in [-0.05, 0) is 25.0 Å². The predicted molar refractivity (Wildman–Crippen MR) is 67.0 cm³/mol. The van der Waals surface area contributed by atoms with E-state index in [2.05, 4.69) is 0 Å². The first-order valence-corrected chi connectivity index (χ1v) is 5.68. The normalized spacial score (nSPS) is 12.5.